The molecule has 2 aromatic rings. The summed E-state index contributed by atoms with van der Waals surface area (Å²) in [6.07, 6.45) is 3.36. The molecule has 0 spiro atoms. The van der Waals surface area contributed by atoms with E-state index in [1.807, 2.05) is 12.1 Å². The largest absolute Gasteiger partial charge is 0.382 e. The number of nitrogens with one attached hydrogen (secondary N) is 1. The minimum atomic E-state index is -1.17. The molecule has 0 aliphatic rings. The third-order valence-electron chi connectivity index (χ3n) is 5.06. The highest BCUT2D eigenvalue weighted by Gasteiger charge is 2.22. The third-order valence-corrected chi connectivity index (χ3v) is 5.32. The minimum absolute atomic E-state index is 0.0309. The van der Waals surface area contributed by atoms with E-state index in [0.29, 0.717) is 29.1 Å². The molecular formula is C24H28ClF2N5O2. The van der Waals surface area contributed by atoms with Crippen molar-refractivity contribution in [3.8, 4) is 0 Å². The number of allylic oxidation sites excluding steroid dienone is 1. The number of benzene rings is 2. The molecule has 2 aromatic carbocycles. The molecule has 0 radical (unpaired) electrons. The van der Waals surface area contributed by atoms with Crippen LogP contribution >= 0.6 is 11.6 Å². The number of carbonyl (C=O) groups excluding carboxylic acids is 1. The lowest BCUT2D eigenvalue weighted by molar-refractivity contribution is -0.109. The number of nitrogens with zero attached hydrogens (tertiary/aromatic N) is 3. The minimum Gasteiger partial charge on any atom is -0.382 e. The summed E-state index contributed by atoms with van der Waals surface area (Å²) in [4.78, 5) is 21.6. The number of guanidine groups is 1. The second-order valence-electron chi connectivity index (χ2n) is 7.26. The van der Waals surface area contributed by atoms with Crippen LogP contribution in [-0.4, -0.2) is 58.0 Å². The number of methoxy groups -OCH3 is 1. The van der Waals surface area contributed by atoms with Crippen LogP contribution in [0.5, 0.6) is 0 Å². The summed E-state index contributed by atoms with van der Waals surface area (Å²) >= 11 is 5.98. The van der Waals surface area contributed by atoms with Crippen LogP contribution < -0.4 is 11.1 Å². The second kappa shape index (κ2) is 13.4. The van der Waals surface area contributed by atoms with Crippen molar-refractivity contribution < 1.29 is 18.3 Å². The van der Waals surface area contributed by atoms with Gasteiger partial charge in [-0.1, -0.05) is 35.9 Å². The fourth-order valence-electron chi connectivity index (χ4n) is 3.27. The predicted molar refractivity (Wildman–Crippen MR) is 132 cm³/mol. The summed E-state index contributed by atoms with van der Waals surface area (Å²) in [6, 6.07) is 9.98. The number of alkyl halides is 1. The van der Waals surface area contributed by atoms with Gasteiger partial charge in [0.05, 0.1) is 12.6 Å². The molecule has 0 heterocycles. The molecule has 7 nitrogen and oxygen atoms in total. The SMILES string of the molecule is CN=C/C(=C\NCF)c1ccc(C(C=O)N=C(N)N(C)C(COC)c2ccc(Cl)cc2)c(F)c1. The number of rotatable bonds is 11. The van der Waals surface area contributed by atoms with Gasteiger partial charge in [0.15, 0.2) is 12.8 Å². The molecular weight excluding hydrogens is 464 g/mol. The van der Waals surface area contributed by atoms with Crippen molar-refractivity contribution in [3.05, 3.63) is 76.2 Å². The second-order valence-corrected chi connectivity index (χ2v) is 7.70. The van der Waals surface area contributed by atoms with Crippen molar-refractivity contribution >= 4 is 35.6 Å². The van der Waals surface area contributed by atoms with Gasteiger partial charge < -0.3 is 25.5 Å². The Kier molecular flexibility index (Phi) is 10.6. The van der Waals surface area contributed by atoms with E-state index < -0.39 is 18.7 Å². The van der Waals surface area contributed by atoms with E-state index in [0.717, 1.165) is 5.56 Å². The Morgan fingerprint density at radius 1 is 1.29 bits per heavy atom. The van der Waals surface area contributed by atoms with E-state index in [1.54, 1.807) is 44.3 Å². The average molecular weight is 492 g/mol. The van der Waals surface area contributed by atoms with Crippen LogP contribution in [0.2, 0.25) is 5.02 Å². The van der Waals surface area contributed by atoms with Crippen LogP contribution in [0.1, 0.15) is 28.8 Å². The number of carbonyl (C=O) groups is 1. The maximum atomic E-state index is 15.0. The van der Waals surface area contributed by atoms with Gasteiger partial charge in [0.25, 0.3) is 0 Å². The lowest BCUT2D eigenvalue weighted by Crippen LogP contribution is -2.39. The van der Waals surface area contributed by atoms with E-state index >= 15 is 0 Å². The van der Waals surface area contributed by atoms with Crippen LogP contribution in [-0.2, 0) is 9.53 Å². The Balaban J connectivity index is 2.34. The first kappa shape index (κ1) is 26.9. The number of halogens is 3. The van der Waals surface area contributed by atoms with E-state index in [2.05, 4.69) is 15.3 Å². The highest BCUT2D eigenvalue weighted by atomic mass is 35.5. The molecule has 34 heavy (non-hydrogen) atoms. The van der Waals surface area contributed by atoms with Crippen LogP contribution in [0.3, 0.4) is 0 Å². The summed E-state index contributed by atoms with van der Waals surface area (Å²) in [7, 11) is 4.81. The summed E-state index contributed by atoms with van der Waals surface area (Å²) < 4.78 is 32.7. The van der Waals surface area contributed by atoms with Gasteiger partial charge in [-0.05, 0) is 29.3 Å². The summed E-state index contributed by atoms with van der Waals surface area (Å²) in [6.45, 7) is -0.486. The summed E-state index contributed by atoms with van der Waals surface area (Å²) in [5.41, 5.74) is 8.05. The number of ether oxygens (including phenoxy) is 1. The normalized spacial score (nSPS) is 14.2. The van der Waals surface area contributed by atoms with Crippen LogP contribution in [0.15, 0.2) is 58.6 Å². The maximum absolute atomic E-state index is 15.0. The van der Waals surface area contributed by atoms with E-state index in [-0.39, 0.29) is 17.6 Å². The predicted octanol–water partition coefficient (Wildman–Crippen LogP) is 3.91. The van der Waals surface area contributed by atoms with Crippen LogP contribution in [0.4, 0.5) is 8.78 Å². The Hall–Kier alpha value is -3.30. The summed E-state index contributed by atoms with van der Waals surface area (Å²) in [5.74, 6) is -0.626. The molecule has 0 aliphatic heterocycles. The molecule has 2 atom stereocenters. The topological polar surface area (TPSA) is 92.3 Å². The first-order valence-electron chi connectivity index (χ1n) is 10.3. The Labute approximate surface area is 203 Å². The monoisotopic (exact) mass is 491 g/mol. The van der Waals surface area contributed by atoms with Crippen molar-refractivity contribution in [1.82, 2.24) is 10.2 Å². The maximum Gasteiger partial charge on any atom is 0.192 e. The number of hydrogen-bond acceptors (Lipinski definition) is 5. The highest BCUT2D eigenvalue weighted by Crippen LogP contribution is 2.25. The first-order chi connectivity index (χ1) is 16.4. The average Bonchev–Trinajstić information content (AvgIpc) is 2.84. The zero-order chi connectivity index (χ0) is 25.1. The molecule has 2 unspecified atom stereocenters. The van der Waals surface area contributed by atoms with E-state index in [1.165, 1.54) is 24.5 Å². The molecule has 0 saturated carbocycles. The molecule has 0 amide bonds. The number of aldehydes is 1. The molecule has 182 valence electrons. The zero-order valence-corrected chi connectivity index (χ0v) is 20.0. The molecule has 0 fully saturated rings. The van der Waals surface area contributed by atoms with Gasteiger partial charge in [-0.15, -0.1) is 0 Å². The molecule has 2 rings (SSSR count). The van der Waals surface area contributed by atoms with Gasteiger partial charge in [-0.3, -0.25) is 4.99 Å². The molecule has 0 aromatic heterocycles. The molecule has 0 saturated heterocycles. The summed E-state index contributed by atoms with van der Waals surface area (Å²) in [5, 5.41) is 3.01. The lowest BCUT2D eigenvalue weighted by Gasteiger charge is -2.29. The van der Waals surface area contributed by atoms with Crippen LogP contribution in [0.25, 0.3) is 5.57 Å². The van der Waals surface area contributed by atoms with Gasteiger partial charge in [0.2, 0.25) is 0 Å². The Morgan fingerprint density at radius 2 is 2.00 bits per heavy atom. The van der Waals surface area contributed by atoms with Gasteiger partial charge >= 0.3 is 0 Å². The van der Waals surface area contributed by atoms with Crippen molar-refractivity contribution in [3.63, 3.8) is 0 Å². The quantitative estimate of drug-likeness (QED) is 0.215. The zero-order valence-electron chi connectivity index (χ0n) is 19.2. The van der Waals surface area contributed by atoms with E-state index in [9.17, 15) is 13.6 Å². The van der Waals surface area contributed by atoms with Gasteiger partial charge in [0, 0.05) is 49.8 Å². The fourth-order valence-corrected chi connectivity index (χ4v) is 3.40. The molecule has 10 heteroatoms. The van der Waals surface area contributed by atoms with Crippen molar-refractivity contribution in [2.75, 3.05) is 34.6 Å². The molecule has 0 bridgehead atoms. The molecule has 0 aliphatic carbocycles. The third kappa shape index (κ3) is 7.10. The molecule has 3 N–H and O–H groups in total. The lowest BCUT2D eigenvalue weighted by atomic mass is 10.0. The number of aliphatic imine (C=N–C) groups is 2. The standard InChI is InChI=1S/C24H28ClF2N5O2/c1-29-11-18(12-30-15-26)17-6-9-20(21(27)10-17)22(13-33)31-24(28)32(2)23(14-34-3)16-4-7-19(25)8-5-16/h4-13,22-23,30H,14-15H2,1-3H3,(H2,28,31)/b18-12+,29-11?. The van der Waals surface area contributed by atoms with Crippen LogP contribution in [0, 0.1) is 5.82 Å². The van der Waals surface area contributed by atoms with Crippen molar-refractivity contribution in [2.24, 2.45) is 15.7 Å². The number of hydrogen-bond donors (Lipinski definition) is 2. The highest BCUT2D eigenvalue weighted by molar-refractivity contribution is 6.30. The smallest absolute Gasteiger partial charge is 0.192 e. The van der Waals surface area contributed by atoms with Crippen molar-refractivity contribution in [2.45, 2.75) is 12.1 Å². The van der Waals surface area contributed by atoms with Crippen molar-refractivity contribution in [1.29, 1.82) is 0 Å². The van der Waals surface area contributed by atoms with Gasteiger partial charge in [0.1, 0.15) is 18.1 Å². The number of likely N-dealkylation sites (N-methyl/N-ethyl adjacent to an activating group) is 1. The fraction of sp³-hybridized carbons (Fsp3) is 0.292. The number of nitrogens with two attached hydrogens (primary N) is 1. The first-order valence-corrected chi connectivity index (χ1v) is 10.7. The van der Waals surface area contributed by atoms with Gasteiger partial charge in [-0.25, -0.2) is 13.8 Å². The van der Waals surface area contributed by atoms with Gasteiger partial charge in [-0.2, -0.15) is 0 Å². The Bertz CT molecular complexity index is 1040. The van der Waals surface area contributed by atoms with E-state index in [4.69, 9.17) is 22.1 Å². The Morgan fingerprint density at radius 3 is 2.56 bits per heavy atom.